The number of thioether (sulfide) groups is 1. The number of carbonyl (C=O) groups is 1. The quantitative estimate of drug-likeness (QED) is 0.0862. The molecule has 1 aliphatic heterocycles. The van der Waals surface area contributed by atoms with Gasteiger partial charge in [0.15, 0.2) is 10.6 Å². The van der Waals surface area contributed by atoms with E-state index in [1.54, 1.807) is 23.1 Å². The lowest BCUT2D eigenvalue weighted by Crippen LogP contribution is -2.31. The van der Waals surface area contributed by atoms with Crippen molar-refractivity contribution < 1.29 is 19.4 Å². The molecule has 46 heavy (non-hydrogen) atoms. The molecule has 7 nitrogen and oxygen atoms in total. The number of rotatable bonds is 21. The molecule has 2 heterocycles. The van der Waals surface area contributed by atoms with Crippen LogP contribution in [0.5, 0.6) is 0 Å². The van der Waals surface area contributed by atoms with Crippen molar-refractivity contribution in [2.45, 2.75) is 140 Å². The Hall–Kier alpha value is -2.30. The molecule has 1 aromatic heterocycles. The van der Waals surface area contributed by atoms with Gasteiger partial charge in [-0.25, -0.2) is 0 Å². The minimum absolute atomic E-state index is 0.00986. The van der Waals surface area contributed by atoms with Gasteiger partial charge in [0.2, 0.25) is 5.91 Å². The summed E-state index contributed by atoms with van der Waals surface area (Å²) in [7, 11) is 0. The summed E-state index contributed by atoms with van der Waals surface area (Å²) >= 11 is 3.24. The number of hydrogen-bond acceptors (Lipinski definition) is 8. The van der Waals surface area contributed by atoms with Crippen LogP contribution in [-0.2, 0) is 20.9 Å². The minimum Gasteiger partial charge on any atom is -0.392 e. The van der Waals surface area contributed by atoms with E-state index >= 15 is 0 Å². The van der Waals surface area contributed by atoms with Crippen molar-refractivity contribution in [1.29, 1.82) is 0 Å². The summed E-state index contributed by atoms with van der Waals surface area (Å²) in [4.78, 5) is 12.8. The Morgan fingerprint density at radius 3 is 2.20 bits per heavy atom. The van der Waals surface area contributed by atoms with Crippen molar-refractivity contribution in [1.82, 2.24) is 10.2 Å². The number of nitrogens with one attached hydrogen (secondary N) is 1. The monoisotopic (exact) mass is 667 g/mol. The SMILES string of the molecule is CCCCCCCCCCCCCCCC(=O)Nc1cccc(C2O[C@H](CSc3nnc(C)s3)C[C@H](c3ccc(CO)cc3)O2)c1. The number of anilines is 1. The van der Waals surface area contributed by atoms with Crippen molar-refractivity contribution in [3.05, 3.63) is 70.2 Å². The Morgan fingerprint density at radius 2 is 1.57 bits per heavy atom. The highest BCUT2D eigenvalue weighted by molar-refractivity contribution is 8.01. The van der Waals surface area contributed by atoms with Crippen LogP contribution < -0.4 is 5.32 Å². The summed E-state index contributed by atoms with van der Waals surface area (Å²) in [5.41, 5.74) is 3.55. The van der Waals surface area contributed by atoms with E-state index in [0.29, 0.717) is 12.8 Å². The summed E-state index contributed by atoms with van der Waals surface area (Å²) in [6, 6.07) is 15.7. The Kier molecular flexibility index (Phi) is 16.5. The fraction of sp³-hybridized carbons (Fsp3) is 0.595. The fourth-order valence-electron chi connectivity index (χ4n) is 5.81. The van der Waals surface area contributed by atoms with Gasteiger partial charge in [0, 0.05) is 29.8 Å². The number of aromatic nitrogens is 2. The number of benzene rings is 2. The van der Waals surface area contributed by atoms with Crippen LogP contribution in [0.25, 0.3) is 0 Å². The third kappa shape index (κ3) is 13.1. The number of carbonyl (C=O) groups excluding carboxylic acids is 1. The van der Waals surface area contributed by atoms with Gasteiger partial charge in [-0.15, -0.1) is 10.2 Å². The van der Waals surface area contributed by atoms with Crippen molar-refractivity contribution >= 4 is 34.7 Å². The van der Waals surface area contributed by atoms with Gasteiger partial charge in [-0.1, -0.05) is 143 Å². The van der Waals surface area contributed by atoms with Gasteiger partial charge >= 0.3 is 0 Å². The zero-order valence-corrected chi connectivity index (χ0v) is 29.4. The van der Waals surface area contributed by atoms with Crippen LogP contribution in [-0.4, -0.2) is 33.1 Å². The first-order chi connectivity index (χ1) is 22.5. The predicted molar refractivity (Wildman–Crippen MR) is 189 cm³/mol. The van der Waals surface area contributed by atoms with Gasteiger partial charge in [0.05, 0.1) is 18.8 Å². The molecule has 3 aromatic rings. The molecule has 0 saturated carbocycles. The van der Waals surface area contributed by atoms with E-state index < -0.39 is 6.29 Å². The molecule has 0 radical (unpaired) electrons. The van der Waals surface area contributed by atoms with Crippen LogP contribution in [0.15, 0.2) is 52.9 Å². The van der Waals surface area contributed by atoms with Crippen LogP contribution in [0.2, 0.25) is 0 Å². The lowest BCUT2D eigenvalue weighted by Gasteiger charge is -2.36. The molecule has 1 unspecified atom stereocenters. The summed E-state index contributed by atoms with van der Waals surface area (Å²) in [5, 5.41) is 21.9. The first kappa shape index (κ1) is 36.5. The summed E-state index contributed by atoms with van der Waals surface area (Å²) in [6.07, 6.45) is 17.2. The molecule has 252 valence electrons. The number of aryl methyl sites for hydroxylation is 1. The third-order valence-corrected chi connectivity index (χ3v) is 10.6. The highest BCUT2D eigenvalue weighted by Crippen LogP contribution is 2.40. The summed E-state index contributed by atoms with van der Waals surface area (Å²) < 4.78 is 13.9. The predicted octanol–water partition coefficient (Wildman–Crippen LogP) is 10.1. The molecule has 0 spiro atoms. The first-order valence-electron chi connectivity index (χ1n) is 17.4. The second kappa shape index (κ2) is 20.8. The lowest BCUT2D eigenvalue weighted by atomic mass is 10.0. The molecular weight excluding hydrogens is 615 g/mol. The zero-order chi connectivity index (χ0) is 32.4. The largest absolute Gasteiger partial charge is 0.392 e. The molecule has 0 bridgehead atoms. The van der Waals surface area contributed by atoms with E-state index in [1.807, 2.05) is 55.5 Å². The standard InChI is InChI=1S/C37H53N3O4S2/c1-3-4-5-6-7-8-9-10-11-12-13-14-15-19-35(42)38-32-18-16-17-31(24-32)36-43-33(27-45-37-40-39-28(2)46-37)25-34(44-36)30-22-20-29(26-41)21-23-30/h16-18,20-24,33-34,36,41H,3-15,19,25-27H2,1-2H3,(H,38,42)/t33-,34+,36?/m0/s1. The molecule has 1 amide bonds. The molecule has 2 aromatic carbocycles. The minimum atomic E-state index is -0.573. The second-order valence-electron chi connectivity index (χ2n) is 12.4. The number of aliphatic hydroxyl groups is 1. The number of aliphatic hydroxyl groups excluding tert-OH is 1. The lowest BCUT2D eigenvalue weighted by molar-refractivity contribution is -0.245. The molecule has 0 aliphatic carbocycles. The van der Waals surface area contributed by atoms with Gasteiger partial charge in [-0.05, 0) is 36.6 Å². The Morgan fingerprint density at radius 1 is 0.891 bits per heavy atom. The van der Waals surface area contributed by atoms with E-state index in [9.17, 15) is 9.90 Å². The van der Waals surface area contributed by atoms with Gasteiger partial charge in [0.1, 0.15) is 5.01 Å². The number of unbranched alkanes of at least 4 members (excludes halogenated alkanes) is 12. The number of hydrogen-bond donors (Lipinski definition) is 2. The third-order valence-electron chi connectivity index (χ3n) is 8.47. The van der Waals surface area contributed by atoms with E-state index in [1.165, 1.54) is 70.6 Å². The number of nitrogens with zero attached hydrogens (tertiary/aromatic N) is 2. The van der Waals surface area contributed by atoms with E-state index in [-0.39, 0.29) is 24.7 Å². The van der Waals surface area contributed by atoms with Crippen LogP contribution in [0, 0.1) is 6.92 Å². The molecule has 4 rings (SSSR count). The Balaban J connectivity index is 1.22. The van der Waals surface area contributed by atoms with Crippen molar-refractivity contribution in [3.8, 4) is 0 Å². The highest BCUT2D eigenvalue weighted by Gasteiger charge is 2.32. The molecule has 9 heteroatoms. The highest BCUT2D eigenvalue weighted by atomic mass is 32.2. The van der Waals surface area contributed by atoms with Crippen LogP contribution in [0.4, 0.5) is 5.69 Å². The second-order valence-corrected chi connectivity index (χ2v) is 14.9. The molecule has 2 N–H and O–H groups in total. The van der Waals surface area contributed by atoms with E-state index in [2.05, 4.69) is 22.4 Å². The van der Waals surface area contributed by atoms with Gasteiger partial charge in [-0.2, -0.15) is 0 Å². The van der Waals surface area contributed by atoms with E-state index in [0.717, 1.165) is 50.3 Å². The van der Waals surface area contributed by atoms with Gasteiger partial charge in [-0.3, -0.25) is 4.79 Å². The first-order valence-corrected chi connectivity index (χ1v) is 19.2. The molecule has 1 fully saturated rings. The topological polar surface area (TPSA) is 93.6 Å². The summed E-state index contributed by atoms with van der Waals surface area (Å²) in [6.45, 7) is 4.24. The van der Waals surface area contributed by atoms with Crippen LogP contribution >= 0.6 is 23.1 Å². The smallest absolute Gasteiger partial charge is 0.224 e. The molecule has 3 atom stereocenters. The average Bonchev–Trinajstić information content (AvgIpc) is 3.50. The van der Waals surface area contributed by atoms with Crippen molar-refractivity contribution in [3.63, 3.8) is 0 Å². The maximum Gasteiger partial charge on any atom is 0.224 e. The molecular formula is C37H53N3O4S2. The van der Waals surface area contributed by atoms with Gasteiger partial charge < -0.3 is 19.9 Å². The van der Waals surface area contributed by atoms with Crippen LogP contribution in [0.3, 0.4) is 0 Å². The van der Waals surface area contributed by atoms with Gasteiger partial charge in [0.25, 0.3) is 0 Å². The van der Waals surface area contributed by atoms with Crippen molar-refractivity contribution in [2.24, 2.45) is 0 Å². The zero-order valence-electron chi connectivity index (χ0n) is 27.8. The van der Waals surface area contributed by atoms with E-state index in [4.69, 9.17) is 9.47 Å². The maximum absolute atomic E-state index is 12.8. The van der Waals surface area contributed by atoms with Crippen molar-refractivity contribution in [2.75, 3.05) is 11.1 Å². The normalized spacial score (nSPS) is 18.1. The molecule has 1 aliphatic rings. The number of ether oxygens (including phenoxy) is 2. The average molecular weight is 668 g/mol. The maximum atomic E-state index is 12.8. The van der Waals surface area contributed by atoms with Crippen LogP contribution in [0.1, 0.15) is 137 Å². The Labute approximate surface area is 284 Å². The Bertz CT molecular complexity index is 1290. The summed E-state index contributed by atoms with van der Waals surface area (Å²) in [5.74, 6) is 0.782. The fourth-order valence-corrected chi connectivity index (χ4v) is 7.67. The number of amides is 1. The molecule has 1 saturated heterocycles.